The van der Waals surface area contributed by atoms with E-state index >= 15 is 0 Å². The Morgan fingerprint density at radius 3 is 2.86 bits per heavy atom. The van der Waals surface area contributed by atoms with Crippen molar-refractivity contribution in [1.29, 1.82) is 0 Å². The molecule has 1 fully saturated rings. The third-order valence-corrected chi connectivity index (χ3v) is 5.34. The smallest absolute Gasteiger partial charge is 0.225 e. The molecule has 146 valence electrons. The Morgan fingerprint density at radius 2 is 2.07 bits per heavy atom. The molecule has 0 bridgehead atoms. The van der Waals surface area contributed by atoms with Gasteiger partial charge in [0.15, 0.2) is 5.58 Å². The highest BCUT2D eigenvalue weighted by molar-refractivity contribution is 5.82. The number of nitrogens with one attached hydrogen (secondary N) is 1. The molecule has 2 atom stereocenters. The third kappa shape index (κ3) is 3.90. The average Bonchev–Trinajstić information content (AvgIpc) is 3.30. The average molecular weight is 382 g/mol. The summed E-state index contributed by atoms with van der Waals surface area (Å²) in [5, 5.41) is 7.60. The number of nitrogens with zero attached hydrogens (tertiary/aromatic N) is 2. The van der Waals surface area contributed by atoms with Crippen LogP contribution in [0.5, 0.6) is 0 Å². The van der Waals surface area contributed by atoms with Crippen molar-refractivity contribution < 1.29 is 13.7 Å². The lowest BCUT2D eigenvalue weighted by Gasteiger charge is -2.16. The quantitative estimate of drug-likeness (QED) is 0.683. The molecule has 1 aliphatic heterocycles. The number of carbonyl (C=O) groups excluding carboxylic acids is 1. The Morgan fingerprint density at radius 1 is 1.25 bits per heavy atom. The van der Waals surface area contributed by atoms with Gasteiger partial charge in [0.1, 0.15) is 11.5 Å². The van der Waals surface area contributed by atoms with Crippen molar-refractivity contribution in [2.75, 3.05) is 19.6 Å². The number of hydrogen-bond donors (Lipinski definition) is 2. The van der Waals surface area contributed by atoms with Crippen molar-refractivity contribution in [3.63, 3.8) is 0 Å². The van der Waals surface area contributed by atoms with Gasteiger partial charge in [-0.1, -0.05) is 35.5 Å². The number of aromatic nitrogens is 1. The number of benzene rings is 2. The van der Waals surface area contributed by atoms with Crippen LogP contribution >= 0.6 is 0 Å². The molecule has 0 spiro atoms. The first-order chi connectivity index (χ1) is 13.6. The normalized spacial score (nSPS) is 19.9. The van der Waals surface area contributed by atoms with Crippen LogP contribution in [0.4, 0.5) is 4.39 Å². The van der Waals surface area contributed by atoms with E-state index in [4.69, 9.17) is 10.3 Å². The van der Waals surface area contributed by atoms with Gasteiger partial charge < -0.3 is 15.6 Å². The van der Waals surface area contributed by atoms with Crippen molar-refractivity contribution in [2.24, 2.45) is 17.6 Å². The SMILES string of the molecule is NC[C@@H]1CN(Cc2ccccc2)C[C@H]1C(=O)NCc1noc2cc(F)ccc12. The van der Waals surface area contributed by atoms with E-state index in [1.807, 2.05) is 18.2 Å². The van der Waals surface area contributed by atoms with E-state index in [1.54, 1.807) is 6.07 Å². The van der Waals surface area contributed by atoms with Crippen LogP contribution < -0.4 is 11.1 Å². The molecule has 0 aliphatic carbocycles. The first-order valence-corrected chi connectivity index (χ1v) is 9.42. The van der Waals surface area contributed by atoms with Gasteiger partial charge in [-0.15, -0.1) is 0 Å². The summed E-state index contributed by atoms with van der Waals surface area (Å²) in [7, 11) is 0. The minimum absolute atomic E-state index is 0.0377. The lowest BCUT2D eigenvalue weighted by Crippen LogP contribution is -2.37. The summed E-state index contributed by atoms with van der Waals surface area (Å²) in [6, 6.07) is 14.5. The highest BCUT2D eigenvalue weighted by atomic mass is 19.1. The van der Waals surface area contributed by atoms with Crippen LogP contribution in [-0.2, 0) is 17.9 Å². The van der Waals surface area contributed by atoms with Crippen LogP contribution in [0, 0.1) is 17.7 Å². The molecule has 3 aromatic rings. The monoisotopic (exact) mass is 382 g/mol. The van der Waals surface area contributed by atoms with Crippen LogP contribution in [0.15, 0.2) is 53.1 Å². The van der Waals surface area contributed by atoms with E-state index in [-0.39, 0.29) is 30.1 Å². The summed E-state index contributed by atoms with van der Waals surface area (Å²) in [6.45, 7) is 2.99. The summed E-state index contributed by atoms with van der Waals surface area (Å²) in [6.07, 6.45) is 0. The molecule has 0 radical (unpaired) electrons. The molecule has 1 aromatic heterocycles. The molecular weight excluding hydrogens is 359 g/mol. The van der Waals surface area contributed by atoms with Crippen molar-refractivity contribution in [3.8, 4) is 0 Å². The molecule has 1 aliphatic rings. The fourth-order valence-electron chi connectivity index (χ4n) is 3.86. The molecule has 28 heavy (non-hydrogen) atoms. The molecule has 1 saturated heterocycles. The lowest BCUT2D eigenvalue weighted by molar-refractivity contribution is -0.125. The minimum Gasteiger partial charge on any atom is -0.356 e. The topological polar surface area (TPSA) is 84.4 Å². The Kier molecular flexibility index (Phi) is 5.36. The van der Waals surface area contributed by atoms with Crippen LogP contribution in [-0.4, -0.2) is 35.6 Å². The van der Waals surface area contributed by atoms with Gasteiger partial charge in [-0.25, -0.2) is 4.39 Å². The Balaban J connectivity index is 1.39. The number of halogens is 1. The maximum atomic E-state index is 13.3. The second-order valence-corrected chi connectivity index (χ2v) is 7.27. The fraction of sp³-hybridized carbons (Fsp3) is 0.333. The number of fused-ring (bicyclic) bond motifs is 1. The van der Waals surface area contributed by atoms with Crippen molar-refractivity contribution in [3.05, 3.63) is 65.6 Å². The van der Waals surface area contributed by atoms with Crippen molar-refractivity contribution in [1.82, 2.24) is 15.4 Å². The highest BCUT2D eigenvalue weighted by Crippen LogP contribution is 2.25. The molecule has 2 aromatic carbocycles. The van der Waals surface area contributed by atoms with Gasteiger partial charge in [-0.05, 0) is 30.2 Å². The molecular formula is C21H23FN4O2. The maximum absolute atomic E-state index is 13.3. The van der Waals surface area contributed by atoms with E-state index in [9.17, 15) is 9.18 Å². The van der Waals surface area contributed by atoms with Gasteiger partial charge in [-0.3, -0.25) is 9.69 Å². The Hall–Kier alpha value is -2.77. The number of carbonyl (C=O) groups is 1. The van der Waals surface area contributed by atoms with Gasteiger partial charge in [-0.2, -0.15) is 0 Å². The molecule has 0 saturated carbocycles. The summed E-state index contributed by atoms with van der Waals surface area (Å²) in [5.41, 5.74) is 8.11. The second kappa shape index (κ2) is 8.08. The molecule has 1 amide bonds. The van der Waals surface area contributed by atoms with Crippen molar-refractivity contribution in [2.45, 2.75) is 13.1 Å². The zero-order valence-electron chi connectivity index (χ0n) is 15.5. The van der Waals surface area contributed by atoms with E-state index in [1.165, 1.54) is 17.7 Å². The van der Waals surface area contributed by atoms with Crippen LogP contribution in [0.2, 0.25) is 0 Å². The van der Waals surface area contributed by atoms with Crippen molar-refractivity contribution >= 4 is 16.9 Å². The molecule has 2 heterocycles. The largest absolute Gasteiger partial charge is 0.356 e. The minimum atomic E-state index is -0.380. The van der Waals surface area contributed by atoms with Crippen LogP contribution in [0.25, 0.3) is 11.0 Å². The zero-order chi connectivity index (χ0) is 19.5. The Bertz CT molecular complexity index is 959. The molecule has 7 heteroatoms. The molecule has 3 N–H and O–H groups in total. The predicted molar refractivity (Wildman–Crippen MR) is 104 cm³/mol. The van der Waals surface area contributed by atoms with Crippen LogP contribution in [0.1, 0.15) is 11.3 Å². The first kappa shape index (κ1) is 18.6. The lowest BCUT2D eigenvalue weighted by atomic mass is 9.95. The van der Waals surface area contributed by atoms with Gasteiger partial charge in [0.25, 0.3) is 0 Å². The van der Waals surface area contributed by atoms with E-state index < -0.39 is 0 Å². The predicted octanol–water partition coefficient (Wildman–Crippen LogP) is 2.29. The van der Waals surface area contributed by atoms with E-state index in [2.05, 4.69) is 27.5 Å². The summed E-state index contributed by atoms with van der Waals surface area (Å²) in [4.78, 5) is 15.1. The zero-order valence-corrected chi connectivity index (χ0v) is 15.5. The number of hydrogen-bond acceptors (Lipinski definition) is 5. The summed E-state index contributed by atoms with van der Waals surface area (Å²) < 4.78 is 18.4. The molecule has 6 nitrogen and oxygen atoms in total. The number of nitrogens with two attached hydrogens (primary N) is 1. The standard InChI is InChI=1S/C21H23FN4O2/c22-16-6-7-17-19(25-28-20(17)8-16)10-24-21(27)18-13-26(12-15(18)9-23)11-14-4-2-1-3-5-14/h1-8,15,18H,9-13,23H2,(H,24,27)/t15-,18-/m1/s1. The third-order valence-electron chi connectivity index (χ3n) is 5.34. The highest BCUT2D eigenvalue weighted by Gasteiger charge is 2.36. The first-order valence-electron chi connectivity index (χ1n) is 9.42. The van der Waals surface area contributed by atoms with Gasteiger partial charge >= 0.3 is 0 Å². The fourth-order valence-corrected chi connectivity index (χ4v) is 3.86. The van der Waals surface area contributed by atoms with Gasteiger partial charge in [0, 0.05) is 31.1 Å². The summed E-state index contributed by atoms with van der Waals surface area (Å²) >= 11 is 0. The second-order valence-electron chi connectivity index (χ2n) is 7.27. The maximum Gasteiger partial charge on any atom is 0.225 e. The Labute approximate surface area is 162 Å². The number of amides is 1. The van der Waals surface area contributed by atoms with E-state index in [0.29, 0.717) is 29.8 Å². The number of likely N-dealkylation sites (tertiary alicyclic amines) is 1. The van der Waals surface area contributed by atoms with Gasteiger partial charge in [0.2, 0.25) is 5.91 Å². The molecule has 4 rings (SSSR count). The number of rotatable bonds is 6. The van der Waals surface area contributed by atoms with E-state index in [0.717, 1.165) is 13.1 Å². The molecule has 0 unspecified atom stereocenters. The van der Waals surface area contributed by atoms with Gasteiger partial charge in [0.05, 0.1) is 12.5 Å². The summed E-state index contributed by atoms with van der Waals surface area (Å²) in [5.74, 6) is -0.463. The van der Waals surface area contributed by atoms with Crippen LogP contribution in [0.3, 0.4) is 0 Å².